The molecule has 1 unspecified atom stereocenters. The van der Waals surface area contributed by atoms with Gasteiger partial charge in [-0.3, -0.25) is 0 Å². The van der Waals surface area contributed by atoms with Gasteiger partial charge in [-0.25, -0.2) is 9.37 Å². The topological polar surface area (TPSA) is 29.9 Å². The molecule has 0 saturated carbocycles. The second-order valence-electron chi connectivity index (χ2n) is 5.57. The number of hydrogen-bond acceptors (Lipinski definition) is 2. The summed E-state index contributed by atoms with van der Waals surface area (Å²) in [6.07, 6.45) is 3.57. The van der Waals surface area contributed by atoms with Gasteiger partial charge < -0.3 is 9.88 Å². The molecule has 1 saturated heterocycles. The van der Waals surface area contributed by atoms with E-state index in [0.29, 0.717) is 12.1 Å². The SMILES string of the molecule is CC(C)n1c(C2CCCCN2)nc2cc(F)ccc21. The summed E-state index contributed by atoms with van der Waals surface area (Å²) in [6.45, 7) is 5.34. The molecule has 1 aromatic heterocycles. The molecule has 2 heterocycles. The number of halogens is 1. The van der Waals surface area contributed by atoms with E-state index in [-0.39, 0.29) is 5.82 Å². The molecular weight excluding hydrogens is 241 g/mol. The monoisotopic (exact) mass is 261 g/mol. The maximum absolute atomic E-state index is 13.4. The van der Waals surface area contributed by atoms with E-state index in [2.05, 4.69) is 28.7 Å². The molecule has 0 aliphatic carbocycles. The molecule has 1 fully saturated rings. The highest BCUT2D eigenvalue weighted by Gasteiger charge is 2.23. The summed E-state index contributed by atoms with van der Waals surface area (Å²) in [6, 6.07) is 5.51. The maximum atomic E-state index is 13.4. The fourth-order valence-electron chi connectivity index (χ4n) is 2.95. The molecule has 0 bridgehead atoms. The number of nitrogens with one attached hydrogen (secondary N) is 1. The third kappa shape index (κ3) is 2.25. The quantitative estimate of drug-likeness (QED) is 0.895. The molecule has 0 spiro atoms. The Hall–Kier alpha value is -1.42. The Morgan fingerprint density at radius 1 is 1.37 bits per heavy atom. The normalized spacial score (nSPS) is 20.3. The van der Waals surface area contributed by atoms with Crippen molar-refractivity contribution in [2.24, 2.45) is 0 Å². The summed E-state index contributed by atoms with van der Waals surface area (Å²) in [7, 11) is 0. The van der Waals surface area contributed by atoms with Crippen LogP contribution < -0.4 is 5.32 Å². The third-order valence-electron chi connectivity index (χ3n) is 3.82. The van der Waals surface area contributed by atoms with Crippen molar-refractivity contribution in [1.29, 1.82) is 0 Å². The van der Waals surface area contributed by atoms with Gasteiger partial charge in [0.05, 0.1) is 17.1 Å². The Bertz CT molecular complexity index is 582. The number of fused-ring (bicyclic) bond motifs is 1. The van der Waals surface area contributed by atoms with E-state index in [1.807, 2.05) is 6.07 Å². The molecule has 1 atom stereocenters. The summed E-state index contributed by atoms with van der Waals surface area (Å²) >= 11 is 0. The minimum Gasteiger partial charge on any atom is -0.324 e. The number of nitrogens with zero attached hydrogens (tertiary/aromatic N) is 2. The van der Waals surface area contributed by atoms with Crippen LogP contribution in [0.4, 0.5) is 4.39 Å². The zero-order valence-corrected chi connectivity index (χ0v) is 11.5. The van der Waals surface area contributed by atoms with E-state index in [1.54, 1.807) is 0 Å². The van der Waals surface area contributed by atoms with Gasteiger partial charge in [-0.1, -0.05) is 6.42 Å². The lowest BCUT2D eigenvalue weighted by molar-refractivity contribution is 0.380. The van der Waals surface area contributed by atoms with Crippen molar-refractivity contribution in [2.45, 2.75) is 45.2 Å². The summed E-state index contributed by atoms with van der Waals surface area (Å²) in [5.41, 5.74) is 1.79. The first-order chi connectivity index (χ1) is 9.16. The lowest BCUT2D eigenvalue weighted by atomic mass is 10.0. The Kier molecular flexibility index (Phi) is 3.27. The molecule has 3 rings (SSSR count). The molecule has 0 amide bonds. The van der Waals surface area contributed by atoms with Crippen LogP contribution >= 0.6 is 0 Å². The third-order valence-corrected chi connectivity index (χ3v) is 3.82. The zero-order valence-electron chi connectivity index (χ0n) is 11.5. The van der Waals surface area contributed by atoms with Crippen molar-refractivity contribution in [3.05, 3.63) is 29.8 Å². The lowest BCUT2D eigenvalue weighted by Gasteiger charge is -2.25. The van der Waals surface area contributed by atoms with Crippen molar-refractivity contribution < 1.29 is 4.39 Å². The largest absolute Gasteiger partial charge is 0.324 e. The molecule has 1 aliphatic heterocycles. The van der Waals surface area contributed by atoms with Crippen LogP contribution in [0.5, 0.6) is 0 Å². The standard InChI is InChI=1S/C15H20FN3/c1-10(2)19-14-7-6-11(16)9-13(14)18-15(19)12-5-3-4-8-17-12/h6-7,9-10,12,17H,3-5,8H2,1-2H3. The van der Waals surface area contributed by atoms with E-state index in [1.165, 1.54) is 25.0 Å². The van der Waals surface area contributed by atoms with Crippen molar-refractivity contribution in [1.82, 2.24) is 14.9 Å². The van der Waals surface area contributed by atoms with E-state index in [9.17, 15) is 4.39 Å². The van der Waals surface area contributed by atoms with Gasteiger partial charge in [0.15, 0.2) is 0 Å². The van der Waals surface area contributed by atoms with E-state index < -0.39 is 0 Å². The molecule has 3 nitrogen and oxygen atoms in total. The van der Waals surface area contributed by atoms with Gasteiger partial charge >= 0.3 is 0 Å². The van der Waals surface area contributed by atoms with E-state index in [0.717, 1.165) is 29.8 Å². The van der Waals surface area contributed by atoms with Crippen LogP contribution in [-0.2, 0) is 0 Å². The van der Waals surface area contributed by atoms with Crippen molar-refractivity contribution in [3.8, 4) is 0 Å². The molecule has 19 heavy (non-hydrogen) atoms. The number of imidazole rings is 1. The molecular formula is C15H20FN3. The Morgan fingerprint density at radius 3 is 2.89 bits per heavy atom. The van der Waals surface area contributed by atoms with Crippen molar-refractivity contribution >= 4 is 11.0 Å². The van der Waals surface area contributed by atoms with E-state index in [4.69, 9.17) is 0 Å². The summed E-state index contributed by atoms with van der Waals surface area (Å²) in [5.74, 6) is 0.833. The number of aromatic nitrogens is 2. The summed E-state index contributed by atoms with van der Waals surface area (Å²) in [4.78, 5) is 4.68. The minimum absolute atomic E-state index is 0.218. The van der Waals surface area contributed by atoms with Crippen LogP contribution in [0.1, 0.15) is 51.0 Å². The first-order valence-electron chi connectivity index (χ1n) is 7.07. The second kappa shape index (κ2) is 4.93. The van der Waals surface area contributed by atoms with Gasteiger partial charge in [-0.15, -0.1) is 0 Å². The predicted molar refractivity (Wildman–Crippen MR) is 74.7 cm³/mol. The van der Waals surface area contributed by atoms with Crippen molar-refractivity contribution in [3.63, 3.8) is 0 Å². The molecule has 4 heteroatoms. The molecule has 2 aromatic rings. The van der Waals surface area contributed by atoms with Crippen LogP contribution in [0, 0.1) is 5.82 Å². The molecule has 1 aliphatic rings. The summed E-state index contributed by atoms with van der Waals surface area (Å²) < 4.78 is 15.6. The smallest absolute Gasteiger partial charge is 0.127 e. The fourth-order valence-corrected chi connectivity index (χ4v) is 2.95. The molecule has 1 N–H and O–H groups in total. The minimum atomic E-state index is -0.218. The number of hydrogen-bond donors (Lipinski definition) is 1. The van der Waals surface area contributed by atoms with Crippen molar-refractivity contribution in [2.75, 3.05) is 6.54 Å². The van der Waals surface area contributed by atoms with E-state index >= 15 is 0 Å². The number of piperidine rings is 1. The first kappa shape index (κ1) is 12.6. The molecule has 0 radical (unpaired) electrons. The molecule has 102 valence electrons. The lowest BCUT2D eigenvalue weighted by Crippen LogP contribution is -2.29. The predicted octanol–water partition coefficient (Wildman–Crippen LogP) is 3.57. The van der Waals surface area contributed by atoms with Crippen LogP contribution in [-0.4, -0.2) is 16.1 Å². The Morgan fingerprint density at radius 2 is 2.21 bits per heavy atom. The zero-order chi connectivity index (χ0) is 13.4. The van der Waals surface area contributed by atoms with Gasteiger partial charge in [-0.2, -0.15) is 0 Å². The fraction of sp³-hybridized carbons (Fsp3) is 0.533. The highest BCUT2D eigenvalue weighted by atomic mass is 19.1. The van der Waals surface area contributed by atoms with Crippen LogP contribution in [0.2, 0.25) is 0 Å². The van der Waals surface area contributed by atoms with Gasteiger partial charge in [0, 0.05) is 12.1 Å². The average Bonchev–Trinajstić information content (AvgIpc) is 2.78. The average molecular weight is 261 g/mol. The highest BCUT2D eigenvalue weighted by Crippen LogP contribution is 2.29. The van der Waals surface area contributed by atoms with Crippen LogP contribution in [0.15, 0.2) is 18.2 Å². The van der Waals surface area contributed by atoms with Gasteiger partial charge in [0.25, 0.3) is 0 Å². The van der Waals surface area contributed by atoms with Gasteiger partial charge in [0.1, 0.15) is 11.6 Å². The van der Waals surface area contributed by atoms with Crippen LogP contribution in [0.3, 0.4) is 0 Å². The Balaban J connectivity index is 2.13. The maximum Gasteiger partial charge on any atom is 0.127 e. The van der Waals surface area contributed by atoms with Crippen LogP contribution in [0.25, 0.3) is 11.0 Å². The second-order valence-corrected chi connectivity index (χ2v) is 5.57. The van der Waals surface area contributed by atoms with Gasteiger partial charge in [0.2, 0.25) is 0 Å². The summed E-state index contributed by atoms with van der Waals surface area (Å²) in [5, 5.41) is 3.53. The number of rotatable bonds is 2. The Labute approximate surface area is 112 Å². The first-order valence-corrected chi connectivity index (χ1v) is 7.07. The highest BCUT2D eigenvalue weighted by molar-refractivity contribution is 5.76. The molecule has 1 aromatic carbocycles. The van der Waals surface area contributed by atoms with Gasteiger partial charge in [-0.05, 0) is 45.4 Å². The number of benzene rings is 1.